The molecule has 0 spiro atoms. The van der Waals surface area contributed by atoms with Crippen molar-refractivity contribution in [1.29, 1.82) is 0 Å². The van der Waals surface area contributed by atoms with Gasteiger partial charge in [0.15, 0.2) is 0 Å². The van der Waals surface area contributed by atoms with Crippen molar-refractivity contribution < 1.29 is 8.28 Å². The number of hydrogen-bond donors (Lipinski definition) is 0. The maximum Gasteiger partial charge on any atom is 0.227 e. The summed E-state index contributed by atoms with van der Waals surface area (Å²) in [6.07, 6.45) is 1.54. The zero-order valence-electron chi connectivity index (χ0n) is 5.41. The van der Waals surface area contributed by atoms with Crippen LogP contribution in [0.25, 0.3) is 0 Å². The molecule has 1 atom stereocenters. The van der Waals surface area contributed by atoms with Crippen LogP contribution < -0.4 is 0 Å². The van der Waals surface area contributed by atoms with Gasteiger partial charge in [-0.1, -0.05) is 17.8 Å². The molecule has 0 N–H and O–H groups in total. The molecule has 0 radical (unpaired) electrons. The van der Waals surface area contributed by atoms with Crippen molar-refractivity contribution >= 4 is 23.9 Å². The first-order valence-electron chi connectivity index (χ1n) is 2.82. The summed E-state index contributed by atoms with van der Waals surface area (Å²) in [5.74, 6) is 0. The smallest absolute Gasteiger partial charge is 0.227 e. The van der Waals surface area contributed by atoms with Crippen molar-refractivity contribution in [3.8, 4) is 0 Å². The summed E-state index contributed by atoms with van der Waals surface area (Å²) in [6, 6.07) is 5.08. The molecule has 11 heavy (non-hydrogen) atoms. The maximum absolute atomic E-state index is 12.3. The molecule has 0 saturated heterocycles. The maximum atomic E-state index is 12.3. The molecule has 0 aromatic carbocycles. The lowest BCUT2D eigenvalue weighted by Crippen LogP contribution is -1.84. The summed E-state index contributed by atoms with van der Waals surface area (Å²) < 4.78 is 23.9. The van der Waals surface area contributed by atoms with Crippen molar-refractivity contribution in [2.45, 2.75) is 9.86 Å². The van der Waals surface area contributed by atoms with Crippen LogP contribution in [0.1, 0.15) is 0 Å². The highest BCUT2D eigenvalue weighted by Crippen LogP contribution is 2.30. The normalized spacial score (nSPS) is 12.9. The fraction of sp³-hybridized carbons (Fsp3) is 0.167. The van der Waals surface area contributed by atoms with Crippen LogP contribution in [-0.2, 0) is 0 Å². The number of pyridine rings is 1. The van der Waals surface area contributed by atoms with Crippen molar-refractivity contribution in [3.05, 3.63) is 24.4 Å². The molecule has 0 saturated carbocycles. The number of alkyl halides is 1. The lowest BCUT2D eigenvalue weighted by Gasteiger charge is -1.99. The van der Waals surface area contributed by atoms with E-state index in [9.17, 15) is 8.28 Å². The highest BCUT2D eigenvalue weighted by atomic mass is 32.2. The van der Waals surface area contributed by atoms with E-state index in [0.29, 0.717) is 5.03 Å². The minimum absolute atomic E-state index is 0.324. The van der Waals surface area contributed by atoms with Crippen LogP contribution in [0.15, 0.2) is 29.4 Å². The van der Waals surface area contributed by atoms with Gasteiger partial charge in [0.2, 0.25) is 4.84 Å². The summed E-state index contributed by atoms with van der Waals surface area (Å²) in [5, 5.41) is 0.491. The zero-order chi connectivity index (χ0) is 8.10. The Morgan fingerprint density at radius 1 is 1.45 bits per heavy atom. The Kier molecular flexibility index (Phi) is 3.65. The molecule has 0 bridgehead atoms. The van der Waals surface area contributed by atoms with Crippen LogP contribution in [0.4, 0.5) is 8.28 Å². The number of thioether (sulfide) groups is 1. The van der Waals surface area contributed by atoms with Crippen LogP contribution in [0.3, 0.4) is 0 Å². The molecular weight excluding hydrogens is 188 g/mol. The second-order valence-corrected chi connectivity index (χ2v) is 3.61. The van der Waals surface area contributed by atoms with E-state index < -0.39 is 4.84 Å². The van der Waals surface area contributed by atoms with Crippen LogP contribution in [0.5, 0.6) is 0 Å². The quantitative estimate of drug-likeness (QED) is 0.541. The third-order valence-electron chi connectivity index (χ3n) is 0.921. The number of nitrogens with zero attached hydrogens (tertiary/aromatic N) is 1. The summed E-state index contributed by atoms with van der Waals surface area (Å²) in [5.41, 5.74) is 0. The van der Waals surface area contributed by atoms with Gasteiger partial charge in [0.25, 0.3) is 0 Å². The number of halogens is 2. The first kappa shape index (κ1) is 8.80. The Bertz CT molecular complexity index is 207. The van der Waals surface area contributed by atoms with Gasteiger partial charge in [0, 0.05) is 6.20 Å². The van der Waals surface area contributed by atoms with Gasteiger partial charge < -0.3 is 0 Å². The van der Waals surface area contributed by atoms with E-state index in [1.54, 1.807) is 18.2 Å². The highest BCUT2D eigenvalue weighted by Gasteiger charge is 2.08. The first-order valence-corrected chi connectivity index (χ1v) is 4.48. The Labute approximate surface area is 71.9 Å². The predicted octanol–water partition coefficient (Wildman–Crippen LogP) is 3.04. The monoisotopic (exact) mass is 193 g/mol. The van der Waals surface area contributed by atoms with Gasteiger partial charge in [-0.3, -0.25) is 0 Å². The van der Waals surface area contributed by atoms with Crippen LogP contribution in [-0.4, -0.2) is 9.82 Å². The van der Waals surface area contributed by atoms with Crippen molar-refractivity contribution in [3.63, 3.8) is 0 Å². The zero-order valence-corrected chi connectivity index (χ0v) is 7.04. The lowest BCUT2D eigenvalue weighted by molar-refractivity contribution is 0.559. The molecule has 1 rings (SSSR count). The molecule has 0 aliphatic rings. The molecule has 0 aliphatic heterocycles. The third-order valence-corrected chi connectivity index (χ3v) is 2.24. The molecule has 1 heterocycles. The van der Waals surface area contributed by atoms with E-state index in [0.717, 1.165) is 11.8 Å². The molecule has 1 aromatic heterocycles. The van der Waals surface area contributed by atoms with E-state index in [2.05, 4.69) is 4.98 Å². The number of hydrogen-bond acceptors (Lipinski definition) is 3. The second kappa shape index (κ2) is 4.56. The summed E-state index contributed by atoms with van der Waals surface area (Å²) in [7, 11) is 0. The fourth-order valence-corrected chi connectivity index (χ4v) is 1.44. The summed E-state index contributed by atoms with van der Waals surface area (Å²) >= 11 is 0.430. The summed E-state index contributed by atoms with van der Waals surface area (Å²) in [6.45, 7) is 0. The fourth-order valence-electron chi connectivity index (χ4n) is 0.530. The number of rotatable bonds is 3. The van der Waals surface area contributed by atoms with Crippen molar-refractivity contribution in [2.24, 2.45) is 0 Å². The Morgan fingerprint density at radius 2 is 2.27 bits per heavy atom. The van der Waals surface area contributed by atoms with Crippen LogP contribution in [0.2, 0.25) is 0 Å². The van der Waals surface area contributed by atoms with Crippen molar-refractivity contribution in [2.75, 3.05) is 0 Å². The summed E-state index contributed by atoms with van der Waals surface area (Å²) in [4.78, 5) is 2.23. The van der Waals surface area contributed by atoms with E-state index in [1.165, 1.54) is 6.20 Å². The van der Waals surface area contributed by atoms with E-state index in [1.807, 2.05) is 0 Å². The van der Waals surface area contributed by atoms with E-state index in [4.69, 9.17) is 0 Å². The number of aromatic nitrogens is 1. The van der Waals surface area contributed by atoms with Gasteiger partial charge in [0.05, 0.1) is 17.2 Å². The largest absolute Gasteiger partial charge is 0.250 e. The molecule has 1 nitrogen and oxygen atoms in total. The lowest BCUT2D eigenvalue weighted by atomic mass is 10.5. The standard InChI is InChI=1S/C6H5F2NS2/c7-6(11-8)10-5-3-1-2-4-9-5/h1-4,6H. The topological polar surface area (TPSA) is 12.9 Å². The highest BCUT2D eigenvalue weighted by molar-refractivity contribution is 8.14. The average Bonchev–Trinajstić information content (AvgIpc) is 2.06. The minimum Gasteiger partial charge on any atom is -0.250 e. The minimum atomic E-state index is -1.58. The SMILES string of the molecule is FSC(F)Sc1ccccn1. The average molecular weight is 193 g/mol. The van der Waals surface area contributed by atoms with Gasteiger partial charge in [0.1, 0.15) is 0 Å². The third kappa shape index (κ3) is 3.07. The Balaban J connectivity index is 2.51. The molecule has 1 aromatic rings. The van der Waals surface area contributed by atoms with Gasteiger partial charge in [-0.25, -0.2) is 9.37 Å². The van der Waals surface area contributed by atoms with E-state index >= 15 is 0 Å². The van der Waals surface area contributed by atoms with Gasteiger partial charge >= 0.3 is 0 Å². The van der Waals surface area contributed by atoms with Gasteiger partial charge in [-0.15, -0.1) is 0 Å². The molecule has 0 fully saturated rings. The van der Waals surface area contributed by atoms with E-state index in [-0.39, 0.29) is 12.1 Å². The molecular formula is C6H5F2NS2. The van der Waals surface area contributed by atoms with Crippen molar-refractivity contribution in [1.82, 2.24) is 4.98 Å². The second-order valence-electron chi connectivity index (χ2n) is 1.65. The van der Waals surface area contributed by atoms with Crippen LogP contribution in [0, 0.1) is 0 Å². The van der Waals surface area contributed by atoms with Gasteiger partial charge in [-0.2, -0.15) is 3.89 Å². The molecule has 0 aliphatic carbocycles. The molecule has 1 unspecified atom stereocenters. The molecule has 60 valence electrons. The molecule has 0 amide bonds. The van der Waals surface area contributed by atoms with Crippen LogP contribution >= 0.6 is 23.9 Å². The predicted molar refractivity (Wildman–Crippen MR) is 43.7 cm³/mol. The Morgan fingerprint density at radius 3 is 2.82 bits per heavy atom. The Hall–Kier alpha value is -0.290. The first-order chi connectivity index (χ1) is 5.33. The molecule has 5 heteroatoms. The van der Waals surface area contributed by atoms with Gasteiger partial charge in [-0.05, 0) is 12.1 Å².